The fraction of sp³-hybridized carbons (Fsp3) is 0.292. The molecular weight excluding hydrogens is 413 g/mol. The number of H-pyrrole nitrogens is 1. The van der Waals surface area contributed by atoms with Gasteiger partial charge >= 0.3 is 0 Å². The summed E-state index contributed by atoms with van der Waals surface area (Å²) in [6.07, 6.45) is 10.6. The molecule has 31 heavy (non-hydrogen) atoms. The first kappa shape index (κ1) is 20.2. The molecule has 0 spiro atoms. The molecule has 2 aliphatic rings. The summed E-state index contributed by atoms with van der Waals surface area (Å²) in [5.41, 5.74) is 6.26. The van der Waals surface area contributed by atoms with Gasteiger partial charge in [-0.25, -0.2) is 12.8 Å². The van der Waals surface area contributed by atoms with E-state index in [2.05, 4.69) is 20.9 Å². The highest BCUT2D eigenvalue weighted by Crippen LogP contribution is 2.41. The van der Waals surface area contributed by atoms with Crippen molar-refractivity contribution in [2.24, 2.45) is 0 Å². The lowest BCUT2D eigenvalue weighted by Gasteiger charge is -2.29. The van der Waals surface area contributed by atoms with E-state index in [-0.39, 0.29) is 17.1 Å². The van der Waals surface area contributed by atoms with E-state index in [1.54, 1.807) is 24.5 Å². The number of halogens is 1. The van der Waals surface area contributed by atoms with Crippen LogP contribution < -0.4 is 0 Å². The number of hydrogen-bond acceptors (Lipinski definition) is 4. The number of nitrogens with zero attached hydrogens (tertiary/aromatic N) is 2. The number of pyridine rings is 1. The zero-order valence-electron chi connectivity index (χ0n) is 17.3. The van der Waals surface area contributed by atoms with Crippen LogP contribution in [-0.4, -0.2) is 53.9 Å². The molecule has 1 aromatic carbocycles. The molecule has 1 saturated heterocycles. The maximum Gasteiger partial charge on any atom is 0.151 e. The minimum absolute atomic E-state index is 0.231. The van der Waals surface area contributed by atoms with Gasteiger partial charge in [-0.05, 0) is 65.9 Å². The Labute approximate surface area is 181 Å². The maximum absolute atomic E-state index is 13.5. The van der Waals surface area contributed by atoms with E-state index in [4.69, 9.17) is 0 Å². The van der Waals surface area contributed by atoms with Crippen LogP contribution in [0, 0.1) is 5.82 Å². The fourth-order valence-corrected chi connectivity index (χ4v) is 5.84. The van der Waals surface area contributed by atoms with Crippen molar-refractivity contribution in [2.75, 3.05) is 19.3 Å². The Morgan fingerprint density at radius 2 is 1.84 bits per heavy atom. The minimum Gasteiger partial charge on any atom is -0.360 e. The molecule has 0 aliphatic carbocycles. The van der Waals surface area contributed by atoms with Crippen LogP contribution in [0.25, 0.3) is 28.0 Å². The molecule has 3 aromatic rings. The summed E-state index contributed by atoms with van der Waals surface area (Å²) < 4.78 is 37.6. The molecule has 0 amide bonds. The van der Waals surface area contributed by atoms with E-state index in [1.165, 1.54) is 24.0 Å². The van der Waals surface area contributed by atoms with Gasteiger partial charge in [-0.15, -0.1) is 0 Å². The van der Waals surface area contributed by atoms with E-state index in [0.29, 0.717) is 13.0 Å². The van der Waals surface area contributed by atoms with E-state index < -0.39 is 9.84 Å². The lowest BCUT2D eigenvalue weighted by Crippen LogP contribution is -2.33. The molecule has 4 heterocycles. The van der Waals surface area contributed by atoms with Crippen LogP contribution in [0.3, 0.4) is 0 Å². The predicted molar refractivity (Wildman–Crippen MR) is 121 cm³/mol. The van der Waals surface area contributed by atoms with Gasteiger partial charge in [-0.2, -0.15) is 0 Å². The third-order valence-corrected chi connectivity index (χ3v) is 8.00. The number of aromatic amines is 1. The van der Waals surface area contributed by atoms with E-state index in [1.807, 2.05) is 18.3 Å². The molecule has 2 atom stereocenters. The van der Waals surface area contributed by atoms with Crippen molar-refractivity contribution in [2.45, 2.75) is 24.1 Å². The largest absolute Gasteiger partial charge is 0.360 e. The van der Waals surface area contributed by atoms with Gasteiger partial charge in [-0.1, -0.05) is 6.08 Å². The van der Waals surface area contributed by atoms with Gasteiger partial charge in [0.2, 0.25) is 0 Å². The Morgan fingerprint density at radius 3 is 2.55 bits per heavy atom. The fourth-order valence-electron chi connectivity index (χ4n) is 4.81. The highest BCUT2D eigenvalue weighted by Gasteiger charge is 2.39. The average Bonchev–Trinajstić information content (AvgIpc) is 3.39. The topological polar surface area (TPSA) is 66.1 Å². The summed E-state index contributed by atoms with van der Waals surface area (Å²) in [6, 6.07) is 10.7. The van der Waals surface area contributed by atoms with Crippen molar-refractivity contribution in [3.05, 3.63) is 72.4 Å². The van der Waals surface area contributed by atoms with Crippen LogP contribution >= 0.6 is 0 Å². The standard InChI is InChI=1S/C24H24FN3O2S/c1-31(29,30)21-13-20-12-18(8-11-28(20)15-21)22-14-27-24(17-2-4-19(25)5-3-17)23(22)16-6-9-26-10-7-16/h2-10,14,20-21,27H,11-13,15H2,1H3/t20-,21+/m1/s1. The number of rotatable bonds is 4. The first-order valence-corrected chi connectivity index (χ1v) is 12.4. The van der Waals surface area contributed by atoms with Gasteiger partial charge in [-0.3, -0.25) is 9.88 Å². The van der Waals surface area contributed by atoms with E-state index >= 15 is 0 Å². The number of aromatic nitrogens is 2. The first-order valence-electron chi connectivity index (χ1n) is 10.4. The number of sulfone groups is 1. The molecule has 0 bridgehead atoms. The van der Waals surface area contributed by atoms with Crippen molar-refractivity contribution in [1.29, 1.82) is 0 Å². The quantitative estimate of drug-likeness (QED) is 0.666. The van der Waals surface area contributed by atoms with Gasteiger partial charge in [0.15, 0.2) is 9.84 Å². The molecule has 0 unspecified atom stereocenters. The SMILES string of the molecule is CS(=O)(=O)[C@H]1C[C@H]2CC(c3c[nH]c(-c4ccc(F)cc4)c3-c3ccncc3)=CCN2C1. The Hall–Kier alpha value is -2.77. The summed E-state index contributed by atoms with van der Waals surface area (Å²) in [4.78, 5) is 9.83. The molecule has 160 valence electrons. The molecule has 2 aliphatic heterocycles. The van der Waals surface area contributed by atoms with Crippen LogP contribution in [0.1, 0.15) is 18.4 Å². The number of benzene rings is 1. The molecule has 5 rings (SSSR count). The molecule has 1 fully saturated rings. The normalized spacial score (nSPS) is 21.7. The molecule has 5 nitrogen and oxygen atoms in total. The highest BCUT2D eigenvalue weighted by atomic mass is 32.2. The Bertz CT molecular complexity index is 1230. The second-order valence-electron chi connectivity index (χ2n) is 8.42. The zero-order valence-corrected chi connectivity index (χ0v) is 18.1. The van der Waals surface area contributed by atoms with Crippen molar-refractivity contribution >= 4 is 15.4 Å². The van der Waals surface area contributed by atoms with Gasteiger partial charge in [0.25, 0.3) is 0 Å². The third kappa shape index (κ3) is 3.83. The summed E-state index contributed by atoms with van der Waals surface area (Å²) in [5.74, 6) is -0.266. The van der Waals surface area contributed by atoms with Crippen LogP contribution in [0.4, 0.5) is 4.39 Å². The van der Waals surface area contributed by atoms with Crippen LogP contribution in [0.5, 0.6) is 0 Å². The Balaban J connectivity index is 1.54. The smallest absolute Gasteiger partial charge is 0.151 e. The zero-order chi connectivity index (χ0) is 21.6. The van der Waals surface area contributed by atoms with Crippen LogP contribution in [-0.2, 0) is 9.84 Å². The lowest BCUT2D eigenvalue weighted by atomic mass is 9.89. The summed E-state index contributed by atoms with van der Waals surface area (Å²) >= 11 is 0. The Kier molecular flexibility index (Phi) is 5.02. The number of nitrogens with one attached hydrogen (secondary N) is 1. The van der Waals surface area contributed by atoms with E-state index in [0.717, 1.165) is 40.9 Å². The lowest BCUT2D eigenvalue weighted by molar-refractivity contribution is 0.275. The van der Waals surface area contributed by atoms with Crippen molar-refractivity contribution in [3.8, 4) is 22.4 Å². The molecule has 0 saturated carbocycles. The van der Waals surface area contributed by atoms with Gasteiger partial charge in [0.1, 0.15) is 5.82 Å². The number of hydrogen-bond donors (Lipinski definition) is 1. The third-order valence-electron chi connectivity index (χ3n) is 6.45. The second kappa shape index (κ2) is 7.73. The maximum atomic E-state index is 13.5. The van der Waals surface area contributed by atoms with Crippen molar-refractivity contribution in [3.63, 3.8) is 0 Å². The molecule has 1 N–H and O–H groups in total. The predicted octanol–water partition coefficient (Wildman–Crippen LogP) is 4.16. The summed E-state index contributed by atoms with van der Waals surface area (Å²) in [7, 11) is -3.04. The highest BCUT2D eigenvalue weighted by molar-refractivity contribution is 7.91. The van der Waals surface area contributed by atoms with E-state index in [9.17, 15) is 12.8 Å². The van der Waals surface area contributed by atoms with Gasteiger partial charge in [0, 0.05) is 55.1 Å². The van der Waals surface area contributed by atoms with Crippen LogP contribution in [0.2, 0.25) is 0 Å². The van der Waals surface area contributed by atoms with Crippen LogP contribution in [0.15, 0.2) is 61.1 Å². The van der Waals surface area contributed by atoms with Gasteiger partial charge in [0.05, 0.1) is 10.9 Å². The molecular formula is C24H24FN3O2S. The molecule has 2 aromatic heterocycles. The first-order chi connectivity index (χ1) is 14.9. The molecule has 0 radical (unpaired) electrons. The van der Waals surface area contributed by atoms with Crippen molar-refractivity contribution < 1.29 is 12.8 Å². The van der Waals surface area contributed by atoms with Gasteiger partial charge < -0.3 is 4.98 Å². The average molecular weight is 438 g/mol. The summed E-state index contributed by atoms with van der Waals surface area (Å²) in [6.45, 7) is 1.36. The van der Waals surface area contributed by atoms with Crippen molar-refractivity contribution in [1.82, 2.24) is 14.9 Å². The Morgan fingerprint density at radius 1 is 1.10 bits per heavy atom. The molecule has 7 heteroatoms. The second-order valence-corrected chi connectivity index (χ2v) is 10.7. The number of fused-ring (bicyclic) bond motifs is 1. The minimum atomic E-state index is -3.04. The summed E-state index contributed by atoms with van der Waals surface area (Å²) in [5, 5.41) is -0.286. The monoisotopic (exact) mass is 437 g/mol.